The van der Waals surface area contributed by atoms with Crippen LogP contribution in [0.3, 0.4) is 0 Å². The van der Waals surface area contributed by atoms with Crippen molar-refractivity contribution in [2.75, 3.05) is 26.3 Å². The topological polar surface area (TPSA) is 68.7 Å². The summed E-state index contributed by atoms with van der Waals surface area (Å²) in [5, 5.41) is 0. The van der Waals surface area contributed by atoms with Crippen LogP contribution < -0.4 is 0 Å². The monoisotopic (exact) mass is 676 g/mol. The van der Waals surface area contributed by atoms with Crippen molar-refractivity contribution in [3.05, 3.63) is 73.0 Å². The number of Topliss-reactive ketones (excluding diaryl/α,β-unsaturated/α-hetero) is 1. The zero-order valence-corrected chi connectivity index (χ0v) is 21.1. The van der Waals surface area contributed by atoms with Gasteiger partial charge in [0.1, 0.15) is 0 Å². The average Bonchev–Trinajstić information content (AvgIpc) is 3.26. The number of hydrogen-bond acceptors (Lipinski definition) is 6. The van der Waals surface area contributed by atoms with Crippen LogP contribution in [-0.2, 0) is 19.1 Å². The maximum atomic E-state index is 12.3. The predicted octanol–water partition coefficient (Wildman–Crippen LogP) is 3.61. The van der Waals surface area contributed by atoms with E-state index in [0.29, 0.717) is 23.9 Å². The Balaban J connectivity index is 0.000000770. The van der Waals surface area contributed by atoms with E-state index in [9.17, 15) is 4.79 Å². The number of pyridine rings is 1. The first-order chi connectivity index (χ1) is 15.2. The summed E-state index contributed by atoms with van der Waals surface area (Å²) in [5.74, 6) is -0.0112. The zero-order valence-electron chi connectivity index (χ0n) is 18.5. The third kappa shape index (κ3) is 8.98. The fraction of sp³-hybridized carbons (Fsp3) is 0.440. The van der Waals surface area contributed by atoms with E-state index in [0.717, 1.165) is 26.0 Å². The quantitative estimate of drug-likeness (QED) is 0.203. The van der Waals surface area contributed by atoms with Crippen LogP contribution in [0, 0.1) is 6.42 Å². The van der Waals surface area contributed by atoms with Gasteiger partial charge < -0.3 is 19.1 Å². The molecule has 3 rings (SSSR count). The van der Waals surface area contributed by atoms with Gasteiger partial charge in [-0.05, 0) is 44.8 Å². The number of carbonyl (C=O) groups is 1. The van der Waals surface area contributed by atoms with E-state index in [1.807, 2.05) is 36.4 Å². The third-order valence-electron chi connectivity index (χ3n) is 5.12. The normalized spacial score (nSPS) is 19.6. The molecule has 1 aliphatic carbocycles. The fourth-order valence-corrected chi connectivity index (χ4v) is 3.54. The van der Waals surface area contributed by atoms with Gasteiger partial charge in [-0.25, -0.2) is 0 Å². The van der Waals surface area contributed by atoms with Crippen molar-refractivity contribution < 1.29 is 19.1 Å². The molecule has 179 valence electrons. The minimum atomic E-state index is -0.0112. The van der Waals surface area contributed by atoms with E-state index in [1.165, 1.54) is 25.9 Å². The number of nitrogens with zero attached hydrogens (tertiary/aromatic N) is 2. The maximum absolute atomic E-state index is 12.3. The van der Waals surface area contributed by atoms with E-state index in [1.54, 1.807) is 19.5 Å². The van der Waals surface area contributed by atoms with Crippen molar-refractivity contribution in [1.82, 2.24) is 9.88 Å². The molecule has 0 amide bonds. The van der Waals surface area contributed by atoms with Gasteiger partial charge in [-0.15, -0.1) is 30.9 Å². The average molecular weight is 677 g/mol. The van der Waals surface area contributed by atoms with Crippen LogP contribution in [-0.4, -0.2) is 60.6 Å². The summed E-state index contributed by atoms with van der Waals surface area (Å²) in [6, 6.07) is 6.08. The number of aromatic nitrogens is 1. The van der Waals surface area contributed by atoms with Gasteiger partial charge in [-0.1, -0.05) is 36.7 Å². The number of carbonyl (C=O) groups excluding carboxylic acids is 2. The van der Waals surface area contributed by atoms with Gasteiger partial charge >= 0.3 is 0 Å². The Morgan fingerprint density at radius 2 is 2.28 bits per heavy atom. The molecule has 1 radical (unpaired) electrons. The van der Waals surface area contributed by atoms with E-state index in [2.05, 4.69) is 27.3 Å². The van der Waals surface area contributed by atoms with Crippen LogP contribution in [0.2, 0.25) is 0 Å². The molecule has 6 nitrogen and oxygen atoms in total. The summed E-state index contributed by atoms with van der Waals surface area (Å²) in [6.45, 7) is 10.3. The van der Waals surface area contributed by atoms with Crippen LogP contribution in [0.5, 0.6) is 0 Å². The molecule has 0 saturated carbocycles. The van der Waals surface area contributed by atoms with E-state index >= 15 is 0 Å². The summed E-state index contributed by atoms with van der Waals surface area (Å²) in [5.41, 5.74) is 1.39. The number of likely N-dealkylation sites (tertiary alicyclic amines) is 1. The van der Waals surface area contributed by atoms with Crippen molar-refractivity contribution in [2.24, 2.45) is 0 Å². The zero-order chi connectivity index (χ0) is 22.3. The van der Waals surface area contributed by atoms with Gasteiger partial charge in [0.2, 0.25) is 0 Å². The van der Waals surface area contributed by atoms with Crippen LogP contribution in [0.1, 0.15) is 38.3 Å². The van der Waals surface area contributed by atoms with E-state index < -0.39 is 0 Å². The minimum Gasteiger partial charge on any atom is -0.653 e. The molecule has 7 heteroatoms. The fourth-order valence-electron chi connectivity index (χ4n) is 3.54. The van der Waals surface area contributed by atoms with Gasteiger partial charge in [0.25, 0.3) is 0 Å². The molecule has 1 aromatic heterocycles. The summed E-state index contributed by atoms with van der Waals surface area (Å²) in [7, 11) is 0. The van der Waals surface area contributed by atoms with Crippen molar-refractivity contribution in [3.63, 3.8) is 0 Å². The second-order valence-electron chi connectivity index (χ2n) is 7.28. The molecular weight excluding hydrogens is 644 g/mol. The van der Waals surface area contributed by atoms with Gasteiger partial charge in [-0.3, -0.25) is 9.88 Å². The summed E-state index contributed by atoms with van der Waals surface area (Å²) >= 11 is 0. The second-order valence-corrected chi connectivity index (χ2v) is 7.28. The molecule has 32 heavy (non-hydrogen) atoms. The number of hydrogen-bond donors (Lipinski definition) is 0. The Labute approximate surface area is 185 Å². The third-order valence-corrected chi connectivity index (χ3v) is 5.12. The molecule has 1 saturated heterocycles. The molecule has 0 spiro atoms. The molecule has 1 aliphatic heterocycles. The van der Waals surface area contributed by atoms with E-state index in [-0.39, 0.29) is 11.9 Å². The first kappa shape index (κ1) is 26.3. The maximum Gasteiger partial charge on any atom is 0.0812 e. The van der Waals surface area contributed by atoms with Crippen LogP contribution in [0.15, 0.2) is 60.9 Å². The largest absolute Gasteiger partial charge is 0.653 e. The summed E-state index contributed by atoms with van der Waals surface area (Å²) < 4.78 is 9.97. The van der Waals surface area contributed by atoms with E-state index in [4.69, 9.17) is 9.53 Å². The molecule has 2 heterocycles. The van der Waals surface area contributed by atoms with Crippen molar-refractivity contribution in [2.45, 2.75) is 44.8 Å². The van der Waals surface area contributed by atoms with Crippen LogP contribution in [0.4, 0.5) is 0 Å². The van der Waals surface area contributed by atoms with Gasteiger partial charge in [-0.2, -0.15) is 0 Å². The van der Waals surface area contributed by atoms with Gasteiger partial charge in [0.15, 0.2) is 0 Å². The Hall–Kier alpha value is -3.70. The number of rotatable bonds is 11. The Morgan fingerprint density at radius 1 is 1.44 bits per heavy atom. The molecule has 0 bridgehead atoms. The molecule has 2 atom stereocenters. The van der Waals surface area contributed by atoms with Crippen molar-refractivity contribution in [1.29, 1.82) is 0 Å². The number of ketones is 1. The van der Waals surface area contributed by atoms with Crippen molar-refractivity contribution in [3.8, 4) is 0 Å². The Kier molecular flexibility index (Phi) is 12.5. The van der Waals surface area contributed by atoms with Crippen LogP contribution in [0.25, 0.3) is 0 Å². The number of allylic oxidation sites excluding steroid dienone is 2. The van der Waals surface area contributed by atoms with Crippen LogP contribution >= 0.6 is 0 Å². The first-order valence-corrected chi connectivity index (χ1v) is 10.8. The predicted molar refractivity (Wildman–Crippen MR) is 121 cm³/mol. The molecule has 2 aliphatic rings. The molecule has 1 aromatic rings. The molecule has 0 N–H and O–H groups in total. The minimum absolute atomic E-state index is 0. The molecule has 1 fully saturated rings. The summed E-state index contributed by atoms with van der Waals surface area (Å²) in [6.07, 6.45) is 15.5. The second kappa shape index (κ2) is 15.2. The number of ether oxygens (including phenoxy) is 2. The van der Waals surface area contributed by atoms with Gasteiger partial charge in [0.05, 0.1) is 11.9 Å². The Morgan fingerprint density at radius 3 is 2.88 bits per heavy atom. The molecule has 1 unspecified atom stereocenters. The summed E-state index contributed by atoms with van der Waals surface area (Å²) in [4.78, 5) is 28.0. The molecule has 0 aromatic carbocycles. The standard InChI is InChI=1S/C22H27N2O2.C3H5O2.Es/c1-2-20-8-5-14-24(20)15-6-16-26-21-11-9-18(10-12-21)22(25)17-19-7-3-4-13-23-19;1-2-5-3-4;/h2-4,7,9-11,13,17,20-21H,1,5-6,8,12,14-16H2;2H2,1H3;/q2*-1;/t20-,21?;;/m1../s1. The smallest absolute Gasteiger partial charge is 0.0812 e. The van der Waals surface area contributed by atoms with Crippen molar-refractivity contribution >= 4 is 12.3 Å². The van der Waals surface area contributed by atoms with Gasteiger partial charge in [0, 0.05) is 32.0 Å². The Bertz CT molecular complexity index is 752. The molecular formula is C25H32EsN2O4-2. The first-order valence-electron chi connectivity index (χ1n) is 10.8. The SMILES string of the molecule is C=C[C@@H]1CCCN1CCCOC1C=CC(C(=O)[CH-]c2ccccn2)=CC1.CCO[C-]=O.[Es].